The summed E-state index contributed by atoms with van der Waals surface area (Å²) in [6, 6.07) is 0.894. The van der Waals surface area contributed by atoms with Crippen molar-refractivity contribution in [3.8, 4) is 0 Å². The van der Waals surface area contributed by atoms with Crippen LogP contribution in [0.4, 0.5) is 0 Å². The Kier molecular flexibility index (Phi) is 1.94. The van der Waals surface area contributed by atoms with Gasteiger partial charge in [-0.1, -0.05) is 0 Å². The highest BCUT2D eigenvalue weighted by molar-refractivity contribution is 4.91. The summed E-state index contributed by atoms with van der Waals surface area (Å²) < 4.78 is 1.33. The molecule has 3 unspecified atom stereocenters. The summed E-state index contributed by atoms with van der Waals surface area (Å²) in [6.07, 6.45) is 6.29. The number of aliphatic hydroxyl groups excluding tert-OH is 1. The summed E-state index contributed by atoms with van der Waals surface area (Å²) in [7, 11) is 2.45. The van der Waals surface area contributed by atoms with Crippen LogP contribution in [-0.2, 0) is 0 Å². The molecule has 4 rings (SSSR count). The molecule has 4 aliphatic rings. The van der Waals surface area contributed by atoms with Crippen molar-refractivity contribution in [2.45, 2.75) is 44.2 Å². The van der Waals surface area contributed by atoms with E-state index in [2.05, 4.69) is 7.05 Å². The Labute approximate surface area is 86.5 Å². The summed E-state index contributed by atoms with van der Waals surface area (Å²) >= 11 is 0. The van der Waals surface area contributed by atoms with Gasteiger partial charge in [0, 0.05) is 25.2 Å². The zero-order valence-corrected chi connectivity index (χ0v) is 9.15. The molecule has 0 radical (unpaired) electrons. The quantitative estimate of drug-likeness (QED) is 0.580. The van der Waals surface area contributed by atoms with Crippen LogP contribution < -0.4 is 0 Å². The Morgan fingerprint density at radius 2 is 1.79 bits per heavy atom. The van der Waals surface area contributed by atoms with Crippen molar-refractivity contribution in [3.05, 3.63) is 0 Å². The van der Waals surface area contributed by atoms with Gasteiger partial charge in [-0.3, -0.25) is 0 Å². The van der Waals surface area contributed by atoms with Crippen LogP contribution in [0.1, 0.15) is 32.1 Å². The van der Waals surface area contributed by atoms with E-state index in [0.717, 1.165) is 30.7 Å². The van der Waals surface area contributed by atoms with Crippen molar-refractivity contribution < 1.29 is 9.59 Å². The van der Waals surface area contributed by atoms with E-state index in [9.17, 15) is 5.11 Å². The number of hydrogen-bond donors (Lipinski definition) is 1. The van der Waals surface area contributed by atoms with Crippen LogP contribution in [0.15, 0.2) is 0 Å². The lowest BCUT2D eigenvalue weighted by molar-refractivity contribution is -0.955. The fraction of sp³-hybridized carbons (Fsp3) is 1.00. The van der Waals surface area contributed by atoms with Gasteiger partial charge in [0.25, 0.3) is 0 Å². The standard InChI is InChI=1S/C12H22NO/c1-13-6-4-9(5-7-13)11-8-10(14)2-3-12(11)13/h9-12,14H,2-8H2,1H3/q+1. The van der Waals surface area contributed by atoms with Gasteiger partial charge in [0.05, 0.1) is 32.3 Å². The minimum atomic E-state index is 0.0170. The van der Waals surface area contributed by atoms with E-state index in [0.29, 0.717) is 0 Å². The highest BCUT2D eigenvalue weighted by Crippen LogP contribution is 2.47. The minimum absolute atomic E-state index is 0.0170. The molecule has 80 valence electrons. The number of aliphatic hydroxyl groups is 1. The van der Waals surface area contributed by atoms with E-state index >= 15 is 0 Å². The maximum Gasteiger partial charge on any atom is 0.0921 e. The van der Waals surface area contributed by atoms with E-state index < -0.39 is 0 Å². The fourth-order valence-electron chi connectivity index (χ4n) is 4.38. The molecule has 2 bridgehead atoms. The van der Waals surface area contributed by atoms with E-state index in [-0.39, 0.29) is 6.10 Å². The van der Waals surface area contributed by atoms with Crippen molar-refractivity contribution in [1.82, 2.24) is 0 Å². The highest BCUT2D eigenvalue weighted by atomic mass is 16.3. The van der Waals surface area contributed by atoms with Gasteiger partial charge >= 0.3 is 0 Å². The van der Waals surface area contributed by atoms with E-state index in [1.807, 2.05) is 0 Å². The number of fused-ring (bicyclic) bond motifs is 2. The second-order valence-electron chi connectivity index (χ2n) is 5.96. The third-order valence-electron chi connectivity index (χ3n) is 5.26. The van der Waals surface area contributed by atoms with Crippen LogP contribution in [0.5, 0.6) is 0 Å². The highest BCUT2D eigenvalue weighted by Gasteiger charge is 2.52. The molecule has 0 amide bonds. The average molecular weight is 196 g/mol. The molecule has 3 aliphatic heterocycles. The van der Waals surface area contributed by atoms with Gasteiger partial charge < -0.3 is 9.59 Å². The lowest BCUT2D eigenvalue weighted by Crippen LogP contribution is -2.67. The molecule has 0 aromatic rings. The topological polar surface area (TPSA) is 20.2 Å². The molecule has 0 aromatic carbocycles. The molecule has 3 atom stereocenters. The zero-order valence-electron chi connectivity index (χ0n) is 9.15. The Balaban J connectivity index is 1.87. The molecule has 1 aliphatic carbocycles. The number of quaternary nitrogens is 1. The SMILES string of the molecule is C[N+]12CCC(CC1)C1CC(O)CCC12. The smallest absolute Gasteiger partial charge is 0.0921 e. The summed E-state index contributed by atoms with van der Waals surface area (Å²) in [4.78, 5) is 0. The number of nitrogens with zero attached hydrogens (tertiary/aromatic N) is 1. The number of hydrogen-bond acceptors (Lipinski definition) is 1. The molecular weight excluding hydrogens is 174 g/mol. The summed E-state index contributed by atoms with van der Waals surface area (Å²) in [5.41, 5.74) is 0. The van der Waals surface area contributed by atoms with Gasteiger partial charge in [0.2, 0.25) is 0 Å². The lowest BCUT2D eigenvalue weighted by Gasteiger charge is -2.58. The van der Waals surface area contributed by atoms with Crippen molar-refractivity contribution in [3.63, 3.8) is 0 Å². The molecule has 0 spiro atoms. The molecule has 14 heavy (non-hydrogen) atoms. The Morgan fingerprint density at radius 3 is 2.50 bits per heavy atom. The molecule has 2 heteroatoms. The van der Waals surface area contributed by atoms with Crippen LogP contribution in [0.25, 0.3) is 0 Å². The lowest BCUT2D eigenvalue weighted by atomic mass is 9.66. The van der Waals surface area contributed by atoms with Crippen molar-refractivity contribution >= 4 is 0 Å². The first-order chi connectivity index (χ1) is 6.69. The van der Waals surface area contributed by atoms with Gasteiger partial charge in [0.1, 0.15) is 0 Å². The van der Waals surface area contributed by atoms with Crippen molar-refractivity contribution in [2.75, 3.05) is 20.1 Å². The minimum Gasteiger partial charge on any atom is -0.393 e. The van der Waals surface area contributed by atoms with E-state index in [1.165, 1.54) is 36.8 Å². The molecule has 0 aromatic heterocycles. The maximum absolute atomic E-state index is 9.75. The van der Waals surface area contributed by atoms with E-state index in [4.69, 9.17) is 0 Å². The average Bonchev–Trinajstić information content (AvgIpc) is 2.18. The molecule has 4 fully saturated rings. The second-order valence-corrected chi connectivity index (χ2v) is 5.96. The van der Waals surface area contributed by atoms with Gasteiger partial charge in [-0.05, 0) is 18.8 Å². The predicted octanol–water partition coefficient (Wildman–Crippen LogP) is 1.39. The van der Waals surface area contributed by atoms with Crippen LogP contribution in [-0.4, -0.2) is 41.9 Å². The van der Waals surface area contributed by atoms with Crippen LogP contribution >= 0.6 is 0 Å². The number of piperidine rings is 3. The largest absolute Gasteiger partial charge is 0.393 e. The third kappa shape index (κ3) is 1.17. The number of rotatable bonds is 0. The second kappa shape index (κ2) is 2.96. The van der Waals surface area contributed by atoms with Gasteiger partial charge in [0.15, 0.2) is 0 Å². The molecule has 2 nitrogen and oxygen atoms in total. The monoisotopic (exact) mass is 196 g/mol. The fourth-order valence-corrected chi connectivity index (χ4v) is 4.38. The van der Waals surface area contributed by atoms with E-state index in [1.54, 1.807) is 0 Å². The first-order valence-corrected chi connectivity index (χ1v) is 6.21. The van der Waals surface area contributed by atoms with Crippen LogP contribution in [0.3, 0.4) is 0 Å². The maximum atomic E-state index is 9.75. The molecule has 1 saturated carbocycles. The summed E-state index contributed by atoms with van der Waals surface area (Å²) in [5, 5.41) is 9.75. The first kappa shape index (κ1) is 9.17. The predicted molar refractivity (Wildman–Crippen MR) is 55.8 cm³/mol. The zero-order chi connectivity index (χ0) is 9.76. The van der Waals surface area contributed by atoms with Gasteiger partial charge in [-0.15, -0.1) is 0 Å². The Morgan fingerprint density at radius 1 is 1.07 bits per heavy atom. The molecule has 3 heterocycles. The van der Waals surface area contributed by atoms with Crippen LogP contribution in [0.2, 0.25) is 0 Å². The summed E-state index contributed by atoms with van der Waals surface area (Å²) in [6.45, 7) is 2.81. The van der Waals surface area contributed by atoms with Crippen molar-refractivity contribution in [2.24, 2.45) is 11.8 Å². The molecular formula is C12H22NO+. The van der Waals surface area contributed by atoms with Crippen molar-refractivity contribution in [1.29, 1.82) is 0 Å². The van der Waals surface area contributed by atoms with Crippen LogP contribution in [0, 0.1) is 11.8 Å². The first-order valence-electron chi connectivity index (χ1n) is 6.21. The molecule has 3 saturated heterocycles. The van der Waals surface area contributed by atoms with Gasteiger partial charge in [-0.25, -0.2) is 0 Å². The Hall–Kier alpha value is -0.0800. The van der Waals surface area contributed by atoms with Gasteiger partial charge in [-0.2, -0.15) is 0 Å². The molecule has 1 N–H and O–H groups in total. The normalized spacial score (nSPS) is 57.0. The third-order valence-corrected chi connectivity index (χ3v) is 5.26. The summed E-state index contributed by atoms with van der Waals surface area (Å²) in [5.74, 6) is 1.81. The Bertz CT molecular complexity index is 232.